The van der Waals surface area contributed by atoms with Crippen molar-refractivity contribution in [2.45, 2.75) is 16.2 Å². The SMILES string of the molecule is Cc1ccc(S(=O)(=O)c2ncc(C(=O)O)s2)cc1. The van der Waals surface area contributed by atoms with Crippen LogP contribution in [0.2, 0.25) is 0 Å². The van der Waals surface area contributed by atoms with Crippen LogP contribution in [-0.4, -0.2) is 24.5 Å². The molecule has 0 aliphatic rings. The topological polar surface area (TPSA) is 84.3 Å². The van der Waals surface area contributed by atoms with Gasteiger partial charge in [0.1, 0.15) is 4.88 Å². The minimum absolute atomic E-state index is 0.0966. The number of carboxylic acid groups (broad SMARTS) is 1. The summed E-state index contributed by atoms with van der Waals surface area (Å²) in [5, 5.41) is 8.75. The average molecular weight is 283 g/mol. The van der Waals surface area contributed by atoms with Gasteiger partial charge in [-0.1, -0.05) is 29.0 Å². The van der Waals surface area contributed by atoms with Crippen molar-refractivity contribution in [1.29, 1.82) is 0 Å². The molecule has 0 unspecified atom stereocenters. The summed E-state index contributed by atoms with van der Waals surface area (Å²) in [6, 6.07) is 6.32. The maximum atomic E-state index is 12.1. The van der Waals surface area contributed by atoms with E-state index >= 15 is 0 Å². The molecule has 0 aliphatic carbocycles. The highest BCUT2D eigenvalue weighted by molar-refractivity contribution is 7.93. The van der Waals surface area contributed by atoms with E-state index in [0.29, 0.717) is 11.3 Å². The summed E-state index contributed by atoms with van der Waals surface area (Å²) in [6.45, 7) is 1.85. The van der Waals surface area contributed by atoms with Crippen molar-refractivity contribution >= 4 is 27.1 Å². The van der Waals surface area contributed by atoms with Crippen LogP contribution in [0.25, 0.3) is 0 Å². The zero-order valence-corrected chi connectivity index (χ0v) is 11.0. The van der Waals surface area contributed by atoms with Gasteiger partial charge in [0.2, 0.25) is 14.2 Å². The quantitative estimate of drug-likeness (QED) is 0.931. The van der Waals surface area contributed by atoms with E-state index in [2.05, 4.69) is 4.98 Å². The first kappa shape index (κ1) is 12.7. The molecule has 1 heterocycles. The van der Waals surface area contributed by atoms with Crippen LogP contribution in [0.5, 0.6) is 0 Å². The van der Waals surface area contributed by atoms with E-state index in [1.54, 1.807) is 12.1 Å². The Morgan fingerprint density at radius 1 is 1.28 bits per heavy atom. The van der Waals surface area contributed by atoms with Crippen molar-refractivity contribution < 1.29 is 18.3 Å². The lowest BCUT2D eigenvalue weighted by Gasteiger charge is -2.00. The lowest BCUT2D eigenvalue weighted by molar-refractivity contribution is 0.0702. The molecule has 0 spiro atoms. The van der Waals surface area contributed by atoms with Crippen molar-refractivity contribution in [2.24, 2.45) is 0 Å². The highest BCUT2D eigenvalue weighted by Gasteiger charge is 2.23. The molecule has 2 aromatic rings. The molecular formula is C11H9NO4S2. The Bertz CT molecular complexity index is 686. The van der Waals surface area contributed by atoms with Gasteiger partial charge in [-0.15, -0.1) is 0 Å². The van der Waals surface area contributed by atoms with Crippen molar-refractivity contribution in [3.05, 3.63) is 40.9 Å². The minimum Gasteiger partial charge on any atom is -0.477 e. The first-order valence-electron chi connectivity index (χ1n) is 4.92. The van der Waals surface area contributed by atoms with Crippen LogP contribution in [0.3, 0.4) is 0 Å². The van der Waals surface area contributed by atoms with Crippen molar-refractivity contribution in [1.82, 2.24) is 4.98 Å². The van der Waals surface area contributed by atoms with E-state index in [-0.39, 0.29) is 14.1 Å². The van der Waals surface area contributed by atoms with Gasteiger partial charge in [0.15, 0.2) is 0 Å². The summed E-state index contributed by atoms with van der Waals surface area (Å²) in [5.41, 5.74) is 0.944. The number of aromatic carboxylic acids is 1. The van der Waals surface area contributed by atoms with Crippen LogP contribution in [0.1, 0.15) is 15.2 Å². The number of rotatable bonds is 3. The van der Waals surface area contributed by atoms with Crippen LogP contribution in [0.4, 0.5) is 0 Å². The number of carbonyl (C=O) groups is 1. The highest BCUT2D eigenvalue weighted by atomic mass is 32.2. The number of hydrogen-bond donors (Lipinski definition) is 1. The molecule has 2 rings (SSSR count). The van der Waals surface area contributed by atoms with E-state index in [1.165, 1.54) is 12.1 Å². The third-order valence-electron chi connectivity index (χ3n) is 2.26. The second-order valence-corrected chi connectivity index (χ2v) is 6.77. The van der Waals surface area contributed by atoms with E-state index in [1.807, 2.05) is 6.92 Å². The van der Waals surface area contributed by atoms with Crippen LogP contribution in [0.15, 0.2) is 39.7 Å². The monoisotopic (exact) mass is 283 g/mol. The standard InChI is InChI=1S/C11H9NO4S2/c1-7-2-4-8(5-3-7)18(15,16)11-12-6-9(17-11)10(13)14/h2-6H,1H3,(H,13,14). The lowest BCUT2D eigenvalue weighted by Crippen LogP contribution is -2.01. The second kappa shape index (κ2) is 4.51. The molecule has 18 heavy (non-hydrogen) atoms. The molecule has 0 bridgehead atoms. The van der Waals surface area contributed by atoms with Crippen LogP contribution in [-0.2, 0) is 9.84 Å². The Balaban J connectivity index is 2.47. The number of sulfone groups is 1. The first-order valence-corrected chi connectivity index (χ1v) is 7.22. The molecule has 0 amide bonds. The smallest absolute Gasteiger partial charge is 0.347 e. The maximum Gasteiger partial charge on any atom is 0.347 e. The zero-order chi connectivity index (χ0) is 13.3. The Morgan fingerprint density at radius 2 is 1.89 bits per heavy atom. The van der Waals surface area contributed by atoms with Crippen LogP contribution < -0.4 is 0 Å². The first-order chi connectivity index (χ1) is 8.41. The van der Waals surface area contributed by atoms with E-state index < -0.39 is 15.8 Å². The van der Waals surface area contributed by atoms with Crippen molar-refractivity contribution in [3.63, 3.8) is 0 Å². The molecule has 0 saturated heterocycles. The summed E-state index contributed by atoms with van der Waals surface area (Å²) in [5.74, 6) is -1.18. The van der Waals surface area contributed by atoms with E-state index in [4.69, 9.17) is 5.11 Å². The number of benzene rings is 1. The lowest BCUT2D eigenvalue weighted by atomic mass is 10.2. The van der Waals surface area contributed by atoms with Gasteiger partial charge in [-0.25, -0.2) is 18.2 Å². The van der Waals surface area contributed by atoms with Gasteiger partial charge in [-0.2, -0.15) is 0 Å². The Hall–Kier alpha value is -1.73. The molecule has 1 aromatic carbocycles. The molecular weight excluding hydrogens is 274 g/mol. The fraction of sp³-hybridized carbons (Fsp3) is 0.0909. The molecule has 0 saturated carbocycles. The minimum atomic E-state index is -3.72. The van der Waals surface area contributed by atoms with Gasteiger partial charge in [-0.3, -0.25) is 0 Å². The Kier molecular flexibility index (Phi) is 3.18. The third-order valence-corrected chi connectivity index (χ3v) is 5.40. The van der Waals surface area contributed by atoms with Gasteiger partial charge in [0.05, 0.1) is 11.1 Å². The third kappa shape index (κ3) is 2.27. The molecule has 1 N–H and O–H groups in total. The van der Waals surface area contributed by atoms with Crippen molar-refractivity contribution in [3.8, 4) is 0 Å². The summed E-state index contributed by atoms with van der Waals surface area (Å²) >= 11 is 0.648. The highest BCUT2D eigenvalue weighted by Crippen LogP contribution is 2.25. The van der Waals surface area contributed by atoms with Gasteiger partial charge < -0.3 is 5.11 Å². The molecule has 94 valence electrons. The number of aromatic nitrogens is 1. The number of hydrogen-bond acceptors (Lipinski definition) is 5. The normalized spacial score (nSPS) is 11.4. The van der Waals surface area contributed by atoms with Crippen molar-refractivity contribution in [2.75, 3.05) is 0 Å². The van der Waals surface area contributed by atoms with Crippen LogP contribution in [0, 0.1) is 6.92 Å². The predicted molar refractivity (Wildman–Crippen MR) is 65.7 cm³/mol. The predicted octanol–water partition coefficient (Wildman–Crippen LogP) is 1.98. The largest absolute Gasteiger partial charge is 0.477 e. The Labute approximate surface area is 108 Å². The van der Waals surface area contributed by atoms with Gasteiger partial charge in [0.25, 0.3) is 0 Å². The van der Waals surface area contributed by atoms with Gasteiger partial charge in [0, 0.05) is 0 Å². The van der Waals surface area contributed by atoms with Crippen LogP contribution >= 0.6 is 11.3 Å². The van der Waals surface area contributed by atoms with E-state index in [0.717, 1.165) is 11.8 Å². The number of carboxylic acids is 1. The second-order valence-electron chi connectivity index (χ2n) is 3.61. The molecule has 0 fully saturated rings. The maximum absolute atomic E-state index is 12.1. The molecule has 0 atom stereocenters. The summed E-state index contributed by atoms with van der Waals surface area (Å²) in [6.07, 6.45) is 1.05. The zero-order valence-electron chi connectivity index (χ0n) is 9.32. The van der Waals surface area contributed by atoms with Gasteiger partial charge in [-0.05, 0) is 19.1 Å². The molecule has 1 aromatic heterocycles. The fourth-order valence-corrected chi connectivity index (χ4v) is 3.67. The molecule has 7 heteroatoms. The molecule has 5 nitrogen and oxygen atoms in total. The summed E-state index contributed by atoms with van der Waals surface area (Å²) < 4.78 is 24.1. The number of aryl methyl sites for hydroxylation is 1. The summed E-state index contributed by atoms with van der Waals surface area (Å²) in [4.78, 5) is 14.4. The van der Waals surface area contributed by atoms with E-state index in [9.17, 15) is 13.2 Å². The Morgan fingerprint density at radius 3 is 2.39 bits per heavy atom. The average Bonchev–Trinajstić information content (AvgIpc) is 2.79. The summed E-state index contributed by atoms with van der Waals surface area (Å²) in [7, 11) is -3.72. The molecule has 0 aliphatic heterocycles. The molecule has 0 radical (unpaired) electrons. The number of thiazole rings is 1. The number of nitrogens with zero attached hydrogens (tertiary/aromatic N) is 1. The fourth-order valence-electron chi connectivity index (χ4n) is 1.30. The van der Waals surface area contributed by atoms with Gasteiger partial charge >= 0.3 is 5.97 Å².